The van der Waals surface area contributed by atoms with Gasteiger partial charge in [0.1, 0.15) is 0 Å². The number of rotatable bonds is 7. The van der Waals surface area contributed by atoms with Crippen molar-refractivity contribution in [1.82, 2.24) is 20.4 Å². The van der Waals surface area contributed by atoms with Crippen molar-refractivity contribution in [2.45, 2.75) is 27.3 Å². The van der Waals surface area contributed by atoms with Gasteiger partial charge < -0.3 is 10.6 Å². The summed E-state index contributed by atoms with van der Waals surface area (Å²) >= 11 is 0. The van der Waals surface area contributed by atoms with Crippen LogP contribution in [-0.2, 0) is 11.3 Å². The molecule has 0 aliphatic heterocycles. The van der Waals surface area contributed by atoms with Crippen LogP contribution in [0.25, 0.3) is 0 Å². The Hall–Kier alpha value is -1.36. The van der Waals surface area contributed by atoms with Crippen LogP contribution < -0.4 is 10.6 Å². The summed E-state index contributed by atoms with van der Waals surface area (Å²) < 4.78 is 1.84. The molecule has 0 spiro atoms. The lowest BCUT2D eigenvalue weighted by Crippen LogP contribution is -2.36. The van der Waals surface area contributed by atoms with Gasteiger partial charge >= 0.3 is 0 Å². The lowest BCUT2D eigenvalue weighted by Gasteiger charge is -2.12. The van der Waals surface area contributed by atoms with E-state index in [4.69, 9.17) is 0 Å². The summed E-state index contributed by atoms with van der Waals surface area (Å²) in [7, 11) is 0. The molecule has 1 heterocycles. The molecular formula is C12H22N4O. The number of amides is 1. The number of nitrogens with one attached hydrogen (secondary N) is 2. The topological polar surface area (TPSA) is 59.0 Å². The van der Waals surface area contributed by atoms with Crippen LogP contribution in [0.3, 0.4) is 0 Å². The zero-order valence-corrected chi connectivity index (χ0v) is 10.9. The van der Waals surface area contributed by atoms with Crippen LogP contribution in [0.1, 0.15) is 19.4 Å². The van der Waals surface area contributed by atoms with E-state index in [0.29, 0.717) is 13.1 Å². The molecule has 2 N–H and O–H groups in total. The Kier molecular flexibility index (Phi) is 5.69. The quantitative estimate of drug-likeness (QED) is 0.729. The molecule has 0 aromatic carbocycles. The van der Waals surface area contributed by atoms with Crippen molar-refractivity contribution >= 4 is 5.91 Å². The maximum Gasteiger partial charge on any atom is 0.224 e. The molecule has 0 radical (unpaired) electrons. The van der Waals surface area contributed by atoms with E-state index in [2.05, 4.69) is 15.7 Å². The summed E-state index contributed by atoms with van der Waals surface area (Å²) in [5.74, 6) is 0.101. The number of aryl methyl sites for hydroxylation is 1. The summed E-state index contributed by atoms with van der Waals surface area (Å²) in [5.41, 5.74) is 1.14. The van der Waals surface area contributed by atoms with Gasteiger partial charge in [0.2, 0.25) is 5.91 Å². The number of aromatic nitrogens is 2. The average molecular weight is 238 g/mol. The molecule has 0 aliphatic rings. The molecule has 0 saturated carbocycles. The van der Waals surface area contributed by atoms with E-state index in [0.717, 1.165) is 18.7 Å². The van der Waals surface area contributed by atoms with Crippen LogP contribution in [0.4, 0.5) is 0 Å². The molecule has 1 amide bonds. The van der Waals surface area contributed by atoms with Crippen molar-refractivity contribution in [2.24, 2.45) is 5.92 Å². The first-order valence-electron chi connectivity index (χ1n) is 6.11. The molecular weight excluding hydrogens is 216 g/mol. The lowest BCUT2D eigenvalue weighted by molar-refractivity contribution is -0.124. The van der Waals surface area contributed by atoms with Gasteiger partial charge in [-0.15, -0.1) is 0 Å². The zero-order valence-electron chi connectivity index (χ0n) is 10.9. The van der Waals surface area contributed by atoms with Gasteiger partial charge in [0, 0.05) is 25.2 Å². The molecule has 17 heavy (non-hydrogen) atoms. The van der Waals surface area contributed by atoms with Gasteiger partial charge in [-0.2, -0.15) is 5.10 Å². The van der Waals surface area contributed by atoms with Crippen LogP contribution in [0.5, 0.6) is 0 Å². The molecule has 5 heteroatoms. The first-order valence-corrected chi connectivity index (χ1v) is 6.11. The fourth-order valence-electron chi connectivity index (χ4n) is 1.51. The monoisotopic (exact) mass is 238 g/mol. The molecule has 1 aromatic rings. The Morgan fingerprint density at radius 2 is 2.35 bits per heavy atom. The highest BCUT2D eigenvalue weighted by atomic mass is 16.1. The molecule has 1 atom stereocenters. The first-order chi connectivity index (χ1) is 8.13. The number of carbonyl (C=O) groups excluding carboxylic acids is 1. The van der Waals surface area contributed by atoms with E-state index in [1.54, 1.807) is 0 Å². The van der Waals surface area contributed by atoms with Crippen molar-refractivity contribution in [1.29, 1.82) is 0 Å². The Balaban J connectivity index is 2.19. The zero-order chi connectivity index (χ0) is 12.7. The number of carbonyl (C=O) groups is 1. The summed E-state index contributed by atoms with van der Waals surface area (Å²) in [5, 5.41) is 10.2. The lowest BCUT2D eigenvalue weighted by atomic mass is 10.1. The summed E-state index contributed by atoms with van der Waals surface area (Å²) in [6, 6.07) is 0. The molecule has 0 bridgehead atoms. The van der Waals surface area contributed by atoms with E-state index in [1.165, 1.54) is 0 Å². The van der Waals surface area contributed by atoms with Crippen LogP contribution in [0, 0.1) is 12.8 Å². The number of hydrogen-bond donors (Lipinski definition) is 2. The minimum absolute atomic E-state index is 0.00862. The van der Waals surface area contributed by atoms with Gasteiger partial charge in [0.05, 0.1) is 12.7 Å². The molecule has 1 rings (SSSR count). The second kappa shape index (κ2) is 7.06. The third kappa shape index (κ3) is 4.99. The van der Waals surface area contributed by atoms with E-state index >= 15 is 0 Å². The van der Waals surface area contributed by atoms with Crippen LogP contribution in [0.2, 0.25) is 0 Å². The van der Waals surface area contributed by atoms with Crippen molar-refractivity contribution in [3.63, 3.8) is 0 Å². The molecule has 0 fully saturated rings. The summed E-state index contributed by atoms with van der Waals surface area (Å²) in [6.45, 7) is 8.92. The number of nitrogens with zero attached hydrogens (tertiary/aromatic N) is 2. The fraction of sp³-hybridized carbons (Fsp3) is 0.667. The van der Waals surface area contributed by atoms with Crippen molar-refractivity contribution in [2.75, 3.05) is 19.6 Å². The second-order valence-electron chi connectivity index (χ2n) is 4.28. The normalized spacial score (nSPS) is 12.4. The molecule has 5 nitrogen and oxygen atoms in total. The Labute approximate surface area is 103 Å². The minimum Gasteiger partial charge on any atom is -0.354 e. The molecule has 96 valence electrons. The van der Waals surface area contributed by atoms with Crippen molar-refractivity contribution in [3.8, 4) is 0 Å². The SMILES string of the molecule is CCNCC(C)C(=O)NCCn1cc(C)cn1. The fourth-order valence-corrected chi connectivity index (χ4v) is 1.51. The average Bonchev–Trinajstić information content (AvgIpc) is 2.71. The Morgan fingerprint density at radius 1 is 1.59 bits per heavy atom. The predicted octanol–water partition coefficient (Wildman–Crippen LogP) is 0.553. The molecule has 1 unspecified atom stereocenters. The van der Waals surface area contributed by atoms with Gasteiger partial charge in [-0.25, -0.2) is 0 Å². The van der Waals surface area contributed by atoms with Gasteiger partial charge in [0.25, 0.3) is 0 Å². The van der Waals surface area contributed by atoms with Gasteiger partial charge in [0.15, 0.2) is 0 Å². The Bertz CT molecular complexity index is 348. The standard InChI is InChI=1S/C12H22N4O/c1-4-13-8-11(3)12(17)14-5-6-16-9-10(2)7-15-16/h7,9,11,13H,4-6,8H2,1-3H3,(H,14,17). The summed E-state index contributed by atoms with van der Waals surface area (Å²) in [4.78, 5) is 11.7. The van der Waals surface area contributed by atoms with Crippen LogP contribution in [0.15, 0.2) is 12.4 Å². The highest BCUT2D eigenvalue weighted by Gasteiger charge is 2.10. The van der Waals surface area contributed by atoms with Gasteiger partial charge in [-0.1, -0.05) is 13.8 Å². The Morgan fingerprint density at radius 3 is 2.94 bits per heavy atom. The van der Waals surface area contributed by atoms with Crippen molar-refractivity contribution in [3.05, 3.63) is 18.0 Å². The van der Waals surface area contributed by atoms with Crippen LogP contribution >= 0.6 is 0 Å². The highest BCUT2D eigenvalue weighted by Crippen LogP contribution is 1.94. The maximum absolute atomic E-state index is 11.7. The smallest absolute Gasteiger partial charge is 0.224 e. The second-order valence-corrected chi connectivity index (χ2v) is 4.28. The van der Waals surface area contributed by atoms with E-state index in [9.17, 15) is 4.79 Å². The van der Waals surface area contributed by atoms with Crippen molar-refractivity contribution < 1.29 is 4.79 Å². The third-order valence-electron chi connectivity index (χ3n) is 2.55. The molecule has 0 saturated heterocycles. The molecule has 0 aliphatic carbocycles. The highest BCUT2D eigenvalue weighted by molar-refractivity contribution is 5.78. The minimum atomic E-state index is 0.00862. The molecule has 1 aromatic heterocycles. The van der Waals surface area contributed by atoms with Gasteiger partial charge in [-0.3, -0.25) is 9.48 Å². The van der Waals surface area contributed by atoms with E-state index in [1.807, 2.05) is 37.8 Å². The van der Waals surface area contributed by atoms with E-state index in [-0.39, 0.29) is 11.8 Å². The van der Waals surface area contributed by atoms with Crippen LogP contribution in [-0.4, -0.2) is 35.3 Å². The third-order valence-corrected chi connectivity index (χ3v) is 2.55. The first kappa shape index (κ1) is 13.7. The number of hydrogen-bond acceptors (Lipinski definition) is 3. The largest absolute Gasteiger partial charge is 0.354 e. The maximum atomic E-state index is 11.7. The summed E-state index contributed by atoms with van der Waals surface area (Å²) in [6.07, 6.45) is 3.78. The predicted molar refractivity (Wildman–Crippen MR) is 67.7 cm³/mol. The van der Waals surface area contributed by atoms with E-state index < -0.39 is 0 Å². The van der Waals surface area contributed by atoms with Gasteiger partial charge in [-0.05, 0) is 19.0 Å².